The van der Waals surface area contributed by atoms with E-state index in [1.54, 1.807) is 19.2 Å². The topological polar surface area (TPSA) is 101 Å². The Morgan fingerprint density at radius 3 is 2.66 bits per heavy atom. The lowest BCUT2D eigenvalue weighted by atomic mass is 10.1. The average molecular weight is 396 g/mol. The molecular weight excluding hydrogens is 368 g/mol. The van der Waals surface area contributed by atoms with Crippen LogP contribution in [0.3, 0.4) is 0 Å². The molecule has 1 saturated heterocycles. The van der Waals surface area contributed by atoms with E-state index >= 15 is 0 Å². The first kappa shape index (κ1) is 20.7. The molecule has 0 aliphatic carbocycles. The van der Waals surface area contributed by atoms with E-state index in [0.717, 1.165) is 17.9 Å². The van der Waals surface area contributed by atoms with Crippen LogP contribution in [-0.4, -0.2) is 49.0 Å². The van der Waals surface area contributed by atoms with Gasteiger partial charge in [-0.3, -0.25) is 15.1 Å². The fourth-order valence-electron chi connectivity index (χ4n) is 3.55. The maximum Gasteiger partial charge on any atom is 0.237 e. The number of nitrogens with two attached hydrogens (primary N) is 1. The summed E-state index contributed by atoms with van der Waals surface area (Å²) in [7, 11) is 1.63. The second-order valence-electron chi connectivity index (χ2n) is 7.09. The number of nitrogens with one attached hydrogen (secondary N) is 2. The highest BCUT2D eigenvalue weighted by molar-refractivity contribution is 5.95. The van der Waals surface area contributed by atoms with Gasteiger partial charge < -0.3 is 20.5 Å². The SMILES string of the molecule is CCN1CC(Oc2cccc(C(=N)N)c2)CC1C(=O)NCc1ccc(OC)cc1. The van der Waals surface area contributed by atoms with Gasteiger partial charge in [0.15, 0.2) is 0 Å². The Hall–Kier alpha value is -3.06. The Kier molecular flexibility index (Phi) is 6.72. The zero-order valence-electron chi connectivity index (χ0n) is 16.9. The van der Waals surface area contributed by atoms with Crippen LogP contribution in [-0.2, 0) is 11.3 Å². The first-order chi connectivity index (χ1) is 14.0. The molecule has 1 amide bonds. The molecule has 0 radical (unpaired) electrons. The Morgan fingerprint density at radius 2 is 2.00 bits per heavy atom. The number of amidine groups is 1. The van der Waals surface area contributed by atoms with Crippen LogP contribution in [0.1, 0.15) is 24.5 Å². The highest BCUT2D eigenvalue weighted by Crippen LogP contribution is 2.24. The van der Waals surface area contributed by atoms with Gasteiger partial charge in [0.25, 0.3) is 0 Å². The lowest BCUT2D eigenvalue weighted by molar-refractivity contribution is -0.125. The van der Waals surface area contributed by atoms with Gasteiger partial charge in [0, 0.05) is 25.1 Å². The van der Waals surface area contributed by atoms with Crippen molar-refractivity contribution in [1.82, 2.24) is 10.2 Å². The molecule has 0 bridgehead atoms. The number of nitrogen functional groups attached to an aromatic ring is 1. The molecule has 4 N–H and O–H groups in total. The first-order valence-corrected chi connectivity index (χ1v) is 9.76. The third kappa shape index (κ3) is 5.26. The van der Waals surface area contributed by atoms with Crippen molar-refractivity contribution in [1.29, 1.82) is 5.41 Å². The molecule has 1 aliphatic rings. The Bertz CT molecular complexity index is 853. The van der Waals surface area contributed by atoms with Crippen molar-refractivity contribution in [3.63, 3.8) is 0 Å². The summed E-state index contributed by atoms with van der Waals surface area (Å²) < 4.78 is 11.2. The molecule has 0 saturated carbocycles. The van der Waals surface area contributed by atoms with Gasteiger partial charge in [0.2, 0.25) is 5.91 Å². The summed E-state index contributed by atoms with van der Waals surface area (Å²) in [6, 6.07) is 14.6. The molecule has 0 aromatic heterocycles. The summed E-state index contributed by atoms with van der Waals surface area (Å²) in [5, 5.41) is 10.6. The molecule has 1 aliphatic heterocycles. The summed E-state index contributed by atoms with van der Waals surface area (Å²) in [6.45, 7) is 3.97. The zero-order chi connectivity index (χ0) is 20.8. The Balaban J connectivity index is 1.58. The van der Waals surface area contributed by atoms with Crippen LogP contribution in [0.25, 0.3) is 0 Å². The number of ether oxygens (including phenoxy) is 2. The van der Waals surface area contributed by atoms with Crippen LogP contribution in [0.15, 0.2) is 48.5 Å². The summed E-state index contributed by atoms with van der Waals surface area (Å²) in [4.78, 5) is 14.9. The number of likely N-dealkylation sites (N-methyl/N-ethyl adjacent to an activating group) is 1. The van der Waals surface area contributed by atoms with E-state index in [1.807, 2.05) is 43.3 Å². The van der Waals surface area contributed by atoms with Crippen LogP contribution >= 0.6 is 0 Å². The van der Waals surface area contributed by atoms with Crippen LogP contribution in [0.4, 0.5) is 0 Å². The fraction of sp³-hybridized carbons (Fsp3) is 0.364. The van der Waals surface area contributed by atoms with Crippen molar-refractivity contribution in [3.05, 3.63) is 59.7 Å². The maximum absolute atomic E-state index is 12.8. The molecule has 7 heteroatoms. The zero-order valence-corrected chi connectivity index (χ0v) is 16.9. The third-order valence-electron chi connectivity index (χ3n) is 5.15. The van der Waals surface area contributed by atoms with E-state index in [0.29, 0.717) is 30.8 Å². The third-order valence-corrected chi connectivity index (χ3v) is 5.15. The average Bonchev–Trinajstić information content (AvgIpc) is 3.15. The summed E-state index contributed by atoms with van der Waals surface area (Å²) in [5.74, 6) is 1.47. The van der Waals surface area contributed by atoms with Crippen molar-refractivity contribution in [3.8, 4) is 11.5 Å². The number of carbonyl (C=O) groups excluding carboxylic acids is 1. The highest BCUT2D eigenvalue weighted by atomic mass is 16.5. The van der Waals surface area contributed by atoms with E-state index in [4.69, 9.17) is 20.6 Å². The van der Waals surface area contributed by atoms with Crippen LogP contribution in [0.5, 0.6) is 11.5 Å². The minimum Gasteiger partial charge on any atom is -0.497 e. The van der Waals surface area contributed by atoms with Gasteiger partial charge in [0.05, 0.1) is 13.2 Å². The monoisotopic (exact) mass is 396 g/mol. The molecule has 2 aromatic rings. The molecule has 2 aromatic carbocycles. The second kappa shape index (κ2) is 9.43. The van der Waals surface area contributed by atoms with Crippen molar-refractivity contribution < 1.29 is 14.3 Å². The minimum atomic E-state index is -0.223. The van der Waals surface area contributed by atoms with Gasteiger partial charge in [-0.2, -0.15) is 0 Å². The fourth-order valence-corrected chi connectivity index (χ4v) is 3.55. The van der Waals surface area contributed by atoms with Gasteiger partial charge in [-0.25, -0.2) is 0 Å². The highest BCUT2D eigenvalue weighted by Gasteiger charge is 2.37. The number of nitrogens with zero attached hydrogens (tertiary/aromatic N) is 1. The van der Waals surface area contributed by atoms with Gasteiger partial charge in [-0.05, 0) is 36.4 Å². The number of carbonyl (C=O) groups is 1. The molecule has 7 nitrogen and oxygen atoms in total. The number of likely N-dealkylation sites (tertiary alicyclic amines) is 1. The number of hydrogen-bond donors (Lipinski definition) is 3. The quantitative estimate of drug-likeness (QED) is 0.469. The van der Waals surface area contributed by atoms with E-state index in [9.17, 15) is 4.79 Å². The molecule has 0 spiro atoms. The van der Waals surface area contributed by atoms with E-state index in [2.05, 4.69) is 10.2 Å². The summed E-state index contributed by atoms with van der Waals surface area (Å²) in [5.41, 5.74) is 7.20. The van der Waals surface area contributed by atoms with E-state index in [-0.39, 0.29) is 23.9 Å². The number of amides is 1. The van der Waals surface area contributed by atoms with Crippen molar-refractivity contribution >= 4 is 11.7 Å². The van der Waals surface area contributed by atoms with E-state index < -0.39 is 0 Å². The number of hydrogen-bond acceptors (Lipinski definition) is 5. The normalized spacial score (nSPS) is 19.0. The largest absolute Gasteiger partial charge is 0.497 e. The molecule has 154 valence electrons. The van der Waals surface area contributed by atoms with Crippen molar-refractivity contribution in [2.24, 2.45) is 5.73 Å². The van der Waals surface area contributed by atoms with E-state index in [1.165, 1.54) is 0 Å². The van der Waals surface area contributed by atoms with Crippen LogP contribution < -0.4 is 20.5 Å². The van der Waals surface area contributed by atoms with Gasteiger partial charge in [-0.1, -0.05) is 31.2 Å². The molecule has 1 heterocycles. The summed E-state index contributed by atoms with van der Waals surface area (Å²) in [6.07, 6.45) is 0.529. The van der Waals surface area contributed by atoms with Gasteiger partial charge in [0.1, 0.15) is 23.4 Å². The van der Waals surface area contributed by atoms with Crippen LogP contribution in [0, 0.1) is 5.41 Å². The predicted molar refractivity (Wildman–Crippen MR) is 112 cm³/mol. The predicted octanol–water partition coefficient (Wildman–Crippen LogP) is 2.14. The Morgan fingerprint density at radius 1 is 1.24 bits per heavy atom. The number of benzene rings is 2. The van der Waals surface area contributed by atoms with Crippen molar-refractivity contribution in [2.45, 2.75) is 32.0 Å². The molecule has 3 rings (SSSR count). The molecule has 2 atom stereocenters. The standard InChI is InChI=1S/C22H28N4O3/c1-3-26-14-19(29-18-6-4-5-16(11-18)21(23)24)12-20(26)22(27)25-13-15-7-9-17(28-2)10-8-15/h4-11,19-20H,3,12-14H2,1-2H3,(H3,23,24)(H,25,27). The molecule has 1 fully saturated rings. The smallest absolute Gasteiger partial charge is 0.237 e. The maximum atomic E-state index is 12.8. The summed E-state index contributed by atoms with van der Waals surface area (Å²) >= 11 is 0. The van der Waals surface area contributed by atoms with Crippen LogP contribution in [0.2, 0.25) is 0 Å². The first-order valence-electron chi connectivity index (χ1n) is 9.76. The molecule has 29 heavy (non-hydrogen) atoms. The Labute approximate surface area is 171 Å². The number of methoxy groups -OCH3 is 1. The molecule has 2 unspecified atom stereocenters. The van der Waals surface area contributed by atoms with Gasteiger partial charge >= 0.3 is 0 Å². The molecular formula is C22H28N4O3. The lowest BCUT2D eigenvalue weighted by Crippen LogP contribution is -2.42. The van der Waals surface area contributed by atoms with Gasteiger partial charge in [-0.15, -0.1) is 0 Å². The minimum absolute atomic E-state index is 0.00579. The lowest BCUT2D eigenvalue weighted by Gasteiger charge is -2.21. The van der Waals surface area contributed by atoms with Crippen molar-refractivity contribution in [2.75, 3.05) is 20.2 Å². The number of rotatable bonds is 8. The second-order valence-corrected chi connectivity index (χ2v) is 7.09.